The molecule has 0 unspecified atom stereocenters. The third-order valence-electron chi connectivity index (χ3n) is 3.16. The molecule has 3 rings (SSSR count). The number of amides is 1. The van der Waals surface area contributed by atoms with Crippen molar-refractivity contribution < 1.29 is 13.6 Å². The van der Waals surface area contributed by atoms with Crippen LogP contribution in [0.2, 0.25) is 5.02 Å². The van der Waals surface area contributed by atoms with Crippen molar-refractivity contribution in [2.75, 3.05) is 0 Å². The summed E-state index contributed by atoms with van der Waals surface area (Å²) in [6.07, 6.45) is 4.57. The molecule has 0 saturated heterocycles. The van der Waals surface area contributed by atoms with Gasteiger partial charge in [0.05, 0.1) is 28.5 Å². The largest absolute Gasteiger partial charge is 0.454 e. The molecule has 0 saturated carbocycles. The van der Waals surface area contributed by atoms with Crippen LogP contribution in [0.1, 0.15) is 21.9 Å². The van der Waals surface area contributed by atoms with E-state index < -0.39 is 11.7 Å². The van der Waals surface area contributed by atoms with Crippen LogP contribution in [-0.4, -0.2) is 21.9 Å². The van der Waals surface area contributed by atoms with Crippen molar-refractivity contribution in [1.29, 1.82) is 0 Å². The normalized spacial score (nSPS) is 11.2. The third kappa shape index (κ3) is 4.34. The van der Waals surface area contributed by atoms with E-state index >= 15 is 0 Å². The van der Waals surface area contributed by atoms with Gasteiger partial charge in [-0.05, 0) is 40.2 Å². The summed E-state index contributed by atoms with van der Waals surface area (Å²) in [5.74, 6) is -0.451. The molecule has 25 heavy (non-hydrogen) atoms. The summed E-state index contributed by atoms with van der Waals surface area (Å²) in [6, 6.07) is 7.45. The zero-order chi connectivity index (χ0) is 17.8. The van der Waals surface area contributed by atoms with Crippen LogP contribution >= 0.6 is 27.5 Å². The summed E-state index contributed by atoms with van der Waals surface area (Å²) < 4.78 is 21.5. The number of nitrogens with one attached hydrogen (secondary N) is 1. The summed E-state index contributed by atoms with van der Waals surface area (Å²) in [7, 11) is 0. The van der Waals surface area contributed by atoms with E-state index in [0.717, 1.165) is 10.7 Å². The maximum absolute atomic E-state index is 13.6. The fourth-order valence-electron chi connectivity index (χ4n) is 2.01. The molecule has 0 aliphatic rings. The maximum atomic E-state index is 13.6. The number of benzene rings is 1. The first-order valence-corrected chi connectivity index (χ1v) is 8.24. The molecule has 0 radical (unpaired) electrons. The SMILES string of the molecule is O=C(NN=Cc1c(F)cccc1Cl)c1ccc(Cn2cc(Br)cn2)o1. The van der Waals surface area contributed by atoms with Gasteiger partial charge in [0.1, 0.15) is 11.6 Å². The Hall–Kier alpha value is -2.45. The van der Waals surface area contributed by atoms with Gasteiger partial charge in [-0.1, -0.05) is 17.7 Å². The van der Waals surface area contributed by atoms with Gasteiger partial charge in [0.15, 0.2) is 5.76 Å². The molecule has 2 aromatic heterocycles. The number of nitrogens with zero attached hydrogens (tertiary/aromatic N) is 3. The maximum Gasteiger partial charge on any atom is 0.307 e. The molecule has 0 fully saturated rings. The Labute approximate surface area is 155 Å². The van der Waals surface area contributed by atoms with Crippen LogP contribution in [0.3, 0.4) is 0 Å². The van der Waals surface area contributed by atoms with Crippen LogP contribution in [0.5, 0.6) is 0 Å². The molecule has 0 bridgehead atoms. The Balaban J connectivity index is 1.63. The molecule has 128 valence electrons. The van der Waals surface area contributed by atoms with Gasteiger partial charge in [0.25, 0.3) is 0 Å². The lowest BCUT2D eigenvalue weighted by molar-refractivity contribution is 0.0925. The van der Waals surface area contributed by atoms with Crippen molar-refractivity contribution in [3.63, 3.8) is 0 Å². The lowest BCUT2D eigenvalue weighted by atomic mass is 10.2. The summed E-state index contributed by atoms with van der Waals surface area (Å²) in [4.78, 5) is 12.0. The van der Waals surface area contributed by atoms with Gasteiger partial charge < -0.3 is 4.42 Å². The fourth-order valence-corrected chi connectivity index (χ4v) is 2.55. The van der Waals surface area contributed by atoms with E-state index in [9.17, 15) is 9.18 Å². The van der Waals surface area contributed by atoms with E-state index in [1.807, 2.05) is 0 Å². The molecule has 0 aliphatic carbocycles. The van der Waals surface area contributed by atoms with Crippen molar-refractivity contribution in [3.05, 3.63) is 75.1 Å². The smallest absolute Gasteiger partial charge is 0.307 e. The minimum absolute atomic E-state index is 0.0815. The molecule has 1 amide bonds. The highest BCUT2D eigenvalue weighted by molar-refractivity contribution is 9.10. The first kappa shape index (κ1) is 17.4. The van der Waals surface area contributed by atoms with E-state index in [1.54, 1.807) is 23.1 Å². The Morgan fingerprint density at radius 3 is 3.00 bits per heavy atom. The first-order valence-electron chi connectivity index (χ1n) is 7.07. The quantitative estimate of drug-likeness (QED) is 0.499. The predicted molar refractivity (Wildman–Crippen MR) is 94.2 cm³/mol. The zero-order valence-corrected chi connectivity index (χ0v) is 15.0. The summed E-state index contributed by atoms with van der Waals surface area (Å²) in [5, 5.41) is 8.00. The van der Waals surface area contributed by atoms with Crippen LogP contribution in [-0.2, 0) is 6.54 Å². The number of carbonyl (C=O) groups excluding carboxylic acids is 1. The van der Waals surface area contributed by atoms with E-state index in [2.05, 4.69) is 31.6 Å². The number of hydrogen-bond acceptors (Lipinski definition) is 4. The molecule has 0 atom stereocenters. The Morgan fingerprint density at radius 1 is 1.44 bits per heavy atom. The summed E-state index contributed by atoms with van der Waals surface area (Å²) in [5.41, 5.74) is 2.36. The Kier molecular flexibility index (Phi) is 5.30. The lowest BCUT2D eigenvalue weighted by Crippen LogP contribution is -2.17. The minimum atomic E-state index is -0.559. The zero-order valence-electron chi connectivity index (χ0n) is 12.6. The molecular weight excluding hydrogens is 415 g/mol. The Bertz CT molecular complexity index is 918. The van der Waals surface area contributed by atoms with Crippen LogP contribution in [0, 0.1) is 5.82 Å². The van der Waals surface area contributed by atoms with Gasteiger partial charge in [-0.25, -0.2) is 9.82 Å². The summed E-state index contributed by atoms with van der Waals surface area (Å²) in [6.45, 7) is 0.382. The summed E-state index contributed by atoms with van der Waals surface area (Å²) >= 11 is 9.17. The molecule has 1 N–H and O–H groups in total. The Morgan fingerprint density at radius 2 is 2.28 bits per heavy atom. The standard InChI is InChI=1S/C16H11BrClFN4O2/c17-10-6-21-23(8-10)9-11-4-5-15(25-11)16(24)22-20-7-12-13(18)2-1-3-14(12)19/h1-8H,9H2,(H,22,24). The highest BCUT2D eigenvalue weighted by Gasteiger charge is 2.11. The van der Waals surface area contributed by atoms with E-state index in [-0.39, 0.29) is 16.3 Å². The van der Waals surface area contributed by atoms with Crippen LogP contribution in [0.4, 0.5) is 4.39 Å². The topological polar surface area (TPSA) is 72.4 Å². The van der Waals surface area contributed by atoms with E-state index in [1.165, 1.54) is 24.3 Å². The van der Waals surface area contributed by atoms with Crippen molar-refractivity contribution in [1.82, 2.24) is 15.2 Å². The second-order valence-electron chi connectivity index (χ2n) is 4.96. The van der Waals surface area contributed by atoms with Crippen LogP contribution in [0.15, 0.2) is 56.7 Å². The van der Waals surface area contributed by atoms with Crippen molar-refractivity contribution >= 4 is 39.7 Å². The first-order chi connectivity index (χ1) is 12.0. The minimum Gasteiger partial charge on any atom is -0.454 e. The predicted octanol–water partition coefficient (Wildman–Crippen LogP) is 3.84. The van der Waals surface area contributed by atoms with Crippen LogP contribution < -0.4 is 5.43 Å². The van der Waals surface area contributed by atoms with Crippen molar-refractivity contribution in [2.24, 2.45) is 5.10 Å². The lowest BCUT2D eigenvalue weighted by Gasteiger charge is -2.00. The van der Waals surface area contributed by atoms with Gasteiger partial charge in [-0.15, -0.1) is 0 Å². The van der Waals surface area contributed by atoms with Crippen LogP contribution in [0.25, 0.3) is 0 Å². The van der Waals surface area contributed by atoms with E-state index in [4.69, 9.17) is 16.0 Å². The second-order valence-corrected chi connectivity index (χ2v) is 6.28. The molecule has 3 aromatic rings. The van der Waals surface area contributed by atoms with Gasteiger partial charge in [0, 0.05) is 11.8 Å². The molecule has 6 nitrogen and oxygen atoms in total. The van der Waals surface area contributed by atoms with Gasteiger partial charge >= 0.3 is 5.91 Å². The highest BCUT2D eigenvalue weighted by atomic mass is 79.9. The molecule has 9 heteroatoms. The van der Waals surface area contributed by atoms with Gasteiger partial charge in [-0.3, -0.25) is 9.48 Å². The third-order valence-corrected chi connectivity index (χ3v) is 3.90. The number of furan rings is 1. The van der Waals surface area contributed by atoms with Gasteiger partial charge in [0.2, 0.25) is 0 Å². The molecule has 0 spiro atoms. The number of halogens is 3. The average molecular weight is 426 g/mol. The second kappa shape index (κ2) is 7.62. The molecule has 0 aliphatic heterocycles. The molecular formula is C16H11BrClFN4O2. The fraction of sp³-hybridized carbons (Fsp3) is 0.0625. The molecule has 2 heterocycles. The number of rotatable bonds is 5. The number of hydrazone groups is 1. The monoisotopic (exact) mass is 424 g/mol. The number of aromatic nitrogens is 2. The van der Waals surface area contributed by atoms with Crippen molar-refractivity contribution in [3.8, 4) is 0 Å². The molecule has 1 aromatic carbocycles. The number of hydrogen-bond donors (Lipinski definition) is 1. The average Bonchev–Trinajstić information content (AvgIpc) is 3.20. The highest BCUT2D eigenvalue weighted by Crippen LogP contribution is 2.16. The van der Waals surface area contributed by atoms with Gasteiger partial charge in [-0.2, -0.15) is 10.2 Å². The van der Waals surface area contributed by atoms with E-state index in [0.29, 0.717) is 12.3 Å². The van der Waals surface area contributed by atoms with Crippen molar-refractivity contribution in [2.45, 2.75) is 6.54 Å². The number of carbonyl (C=O) groups is 1.